The van der Waals surface area contributed by atoms with Crippen LogP contribution in [0.5, 0.6) is 0 Å². The minimum absolute atomic E-state index is 0.00456. The first-order chi connectivity index (χ1) is 10.1. The van der Waals surface area contributed by atoms with E-state index in [1.807, 2.05) is 43.9 Å². The number of aromatic nitrogens is 2. The van der Waals surface area contributed by atoms with Gasteiger partial charge in [0.15, 0.2) is 0 Å². The van der Waals surface area contributed by atoms with Crippen LogP contribution in [0.2, 0.25) is 0 Å². The summed E-state index contributed by atoms with van der Waals surface area (Å²) in [6.45, 7) is 5.16. The third kappa shape index (κ3) is 2.56. The van der Waals surface area contributed by atoms with E-state index in [-0.39, 0.29) is 12.0 Å². The Morgan fingerprint density at radius 1 is 1.43 bits per heavy atom. The summed E-state index contributed by atoms with van der Waals surface area (Å²) in [5.41, 5.74) is 4.96. The summed E-state index contributed by atoms with van der Waals surface area (Å²) in [5.74, 6) is 0.00456. The highest BCUT2D eigenvalue weighted by molar-refractivity contribution is 5.98. The Bertz CT molecular complexity index is 689. The summed E-state index contributed by atoms with van der Waals surface area (Å²) >= 11 is 0. The lowest BCUT2D eigenvalue weighted by atomic mass is 10.0. The van der Waals surface area contributed by atoms with Crippen LogP contribution < -0.4 is 5.32 Å². The Morgan fingerprint density at radius 3 is 3.00 bits per heavy atom. The molecule has 0 unspecified atom stereocenters. The van der Waals surface area contributed by atoms with Gasteiger partial charge in [-0.15, -0.1) is 0 Å². The standard InChI is InChI=1S/C16H19N3O2/c1-10(2)21-9-13-8-18-19(3)15(13)11-4-5-14-12(6-11)7-17-16(14)20/h4-6,8,10H,7,9H2,1-3H3,(H,17,20). The van der Waals surface area contributed by atoms with E-state index in [2.05, 4.69) is 16.5 Å². The second-order valence-corrected chi connectivity index (χ2v) is 5.56. The lowest BCUT2D eigenvalue weighted by Gasteiger charge is -2.10. The topological polar surface area (TPSA) is 56.1 Å². The third-order valence-corrected chi connectivity index (χ3v) is 3.65. The first-order valence-corrected chi connectivity index (χ1v) is 7.10. The molecule has 5 heteroatoms. The molecule has 1 aromatic heterocycles. The SMILES string of the molecule is CC(C)OCc1cnn(C)c1-c1ccc2c(c1)CNC2=O. The van der Waals surface area contributed by atoms with E-state index < -0.39 is 0 Å². The lowest BCUT2D eigenvalue weighted by Crippen LogP contribution is -2.12. The van der Waals surface area contributed by atoms with Crippen molar-refractivity contribution in [3.63, 3.8) is 0 Å². The average molecular weight is 285 g/mol. The summed E-state index contributed by atoms with van der Waals surface area (Å²) < 4.78 is 7.55. The van der Waals surface area contributed by atoms with Crippen LogP contribution in [0.1, 0.15) is 35.3 Å². The van der Waals surface area contributed by atoms with Crippen LogP contribution in [0.4, 0.5) is 0 Å². The Kier molecular flexibility index (Phi) is 3.51. The van der Waals surface area contributed by atoms with E-state index in [0.717, 1.165) is 27.9 Å². The number of carbonyl (C=O) groups excluding carboxylic acids is 1. The number of nitrogens with one attached hydrogen (secondary N) is 1. The van der Waals surface area contributed by atoms with Crippen molar-refractivity contribution < 1.29 is 9.53 Å². The number of hydrogen-bond donors (Lipinski definition) is 1. The monoisotopic (exact) mass is 285 g/mol. The van der Waals surface area contributed by atoms with Crippen LogP contribution in [-0.2, 0) is 24.9 Å². The Hall–Kier alpha value is -2.14. The number of ether oxygens (including phenoxy) is 1. The number of benzene rings is 1. The highest BCUT2D eigenvalue weighted by Gasteiger charge is 2.20. The minimum Gasteiger partial charge on any atom is -0.374 e. The first kappa shape index (κ1) is 13.8. The van der Waals surface area contributed by atoms with E-state index in [9.17, 15) is 4.79 Å². The van der Waals surface area contributed by atoms with Gasteiger partial charge in [0.2, 0.25) is 0 Å². The molecule has 5 nitrogen and oxygen atoms in total. The fourth-order valence-corrected chi connectivity index (χ4v) is 2.60. The van der Waals surface area contributed by atoms with E-state index in [0.29, 0.717) is 13.2 Å². The van der Waals surface area contributed by atoms with Crippen LogP contribution in [-0.4, -0.2) is 21.8 Å². The second-order valence-electron chi connectivity index (χ2n) is 5.56. The molecule has 0 aliphatic carbocycles. The molecule has 1 aliphatic heterocycles. The number of fused-ring (bicyclic) bond motifs is 1. The smallest absolute Gasteiger partial charge is 0.251 e. The number of rotatable bonds is 4. The highest BCUT2D eigenvalue weighted by Crippen LogP contribution is 2.28. The fraction of sp³-hybridized carbons (Fsp3) is 0.375. The molecule has 2 heterocycles. The molecular formula is C16H19N3O2. The van der Waals surface area contributed by atoms with Gasteiger partial charge in [-0.3, -0.25) is 9.48 Å². The molecule has 0 radical (unpaired) electrons. The summed E-state index contributed by atoms with van der Waals surface area (Å²) in [4.78, 5) is 11.6. The molecule has 110 valence electrons. The van der Waals surface area contributed by atoms with Gasteiger partial charge < -0.3 is 10.1 Å². The van der Waals surface area contributed by atoms with Crippen LogP contribution in [0.25, 0.3) is 11.3 Å². The zero-order valence-corrected chi connectivity index (χ0v) is 12.5. The predicted octanol–water partition coefficient (Wildman–Crippen LogP) is 2.26. The largest absolute Gasteiger partial charge is 0.374 e. The zero-order chi connectivity index (χ0) is 15.0. The van der Waals surface area contributed by atoms with Crippen molar-refractivity contribution >= 4 is 5.91 Å². The number of amides is 1. The van der Waals surface area contributed by atoms with Crippen molar-refractivity contribution in [1.82, 2.24) is 15.1 Å². The Labute approximate surface area is 123 Å². The molecule has 3 rings (SSSR count). The maximum absolute atomic E-state index is 11.6. The maximum Gasteiger partial charge on any atom is 0.251 e. The van der Waals surface area contributed by atoms with Gasteiger partial charge in [-0.1, -0.05) is 6.07 Å². The second kappa shape index (κ2) is 5.33. The first-order valence-electron chi connectivity index (χ1n) is 7.10. The minimum atomic E-state index is 0.00456. The summed E-state index contributed by atoms with van der Waals surface area (Å²) in [5, 5.41) is 7.17. The Balaban J connectivity index is 1.97. The van der Waals surface area contributed by atoms with Gasteiger partial charge in [-0.05, 0) is 31.5 Å². The van der Waals surface area contributed by atoms with Crippen LogP contribution in [0, 0.1) is 0 Å². The molecule has 0 saturated heterocycles. The van der Waals surface area contributed by atoms with Crippen molar-refractivity contribution in [3.8, 4) is 11.3 Å². The summed E-state index contributed by atoms with van der Waals surface area (Å²) in [6.07, 6.45) is 2.02. The third-order valence-electron chi connectivity index (χ3n) is 3.65. The number of nitrogens with zero attached hydrogens (tertiary/aromatic N) is 2. The molecule has 1 N–H and O–H groups in total. The lowest BCUT2D eigenvalue weighted by molar-refractivity contribution is 0.0659. The quantitative estimate of drug-likeness (QED) is 0.937. The van der Waals surface area contributed by atoms with E-state index in [4.69, 9.17) is 4.74 Å². The summed E-state index contributed by atoms with van der Waals surface area (Å²) in [6, 6.07) is 5.91. The number of aryl methyl sites for hydroxylation is 1. The van der Waals surface area contributed by atoms with Crippen LogP contribution in [0.15, 0.2) is 24.4 Å². The van der Waals surface area contributed by atoms with Crippen LogP contribution >= 0.6 is 0 Å². The van der Waals surface area contributed by atoms with E-state index >= 15 is 0 Å². The molecule has 0 fully saturated rings. The maximum atomic E-state index is 11.6. The van der Waals surface area contributed by atoms with Crippen LogP contribution in [0.3, 0.4) is 0 Å². The van der Waals surface area contributed by atoms with Gasteiger partial charge in [0.1, 0.15) is 0 Å². The molecule has 1 aliphatic rings. The summed E-state index contributed by atoms with van der Waals surface area (Å²) in [7, 11) is 1.92. The van der Waals surface area contributed by atoms with Gasteiger partial charge in [-0.25, -0.2) is 0 Å². The molecule has 0 saturated carbocycles. The predicted molar refractivity (Wildman–Crippen MR) is 79.7 cm³/mol. The molecule has 2 aromatic rings. The van der Waals surface area contributed by atoms with Crippen molar-refractivity contribution in [3.05, 3.63) is 41.1 Å². The van der Waals surface area contributed by atoms with Crippen molar-refractivity contribution in [2.45, 2.75) is 33.1 Å². The molecule has 0 bridgehead atoms. The van der Waals surface area contributed by atoms with Gasteiger partial charge in [0.25, 0.3) is 5.91 Å². The molecular weight excluding hydrogens is 266 g/mol. The molecule has 0 atom stereocenters. The molecule has 21 heavy (non-hydrogen) atoms. The average Bonchev–Trinajstić information content (AvgIpc) is 3.00. The fourth-order valence-electron chi connectivity index (χ4n) is 2.60. The zero-order valence-electron chi connectivity index (χ0n) is 12.5. The Morgan fingerprint density at radius 2 is 2.24 bits per heavy atom. The van der Waals surface area contributed by atoms with E-state index in [1.54, 1.807) is 0 Å². The van der Waals surface area contributed by atoms with E-state index in [1.165, 1.54) is 0 Å². The van der Waals surface area contributed by atoms with Gasteiger partial charge >= 0.3 is 0 Å². The van der Waals surface area contributed by atoms with Crippen molar-refractivity contribution in [2.24, 2.45) is 7.05 Å². The normalized spacial score (nSPS) is 13.6. The van der Waals surface area contributed by atoms with Crippen molar-refractivity contribution in [2.75, 3.05) is 0 Å². The van der Waals surface area contributed by atoms with Crippen molar-refractivity contribution in [1.29, 1.82) is 0 Å². The number of hydrogen-bond acceptors (Lipinski definition) is 3. The van der Waals surface area contributed by atoms with Gasteiger partial charge in [0.05, 0.1) is 24.6 Å². The molecule has 0 spiro atoms. The molecule has 1 aromatic carbocycles. The molecule has 1 amide bonds. The number of carbonyl (C=O) groups is 1. The van der Waals surface area contributed by atoms with Gasteiger partial charge in [0, 0.05) is 30.3 Å². The van der Waals surface area contributed by atoms with Gasteiger partial charge in [-0.2, -0.15) is 5.10 Å². The highest BCUT2D eigenvalue weighted by atomic mass is 16.5.